The summed E-state index contributed by atoms with van der Waals surface area (Å²) in [5, 5.41) is 3.58. The maximum Gasteiger partial charge on any atom is 0.0701 e. The molecule has 5 nitrogen and oxygen atoms in total. The summed E-state index contributed by atoms with van der Waals surface area (Å²) < 4.78 is 21.5. The van der Waals surface area contributed by atoms with Crippen LogP contribution in [0.15, 0.2) is 0 Å². The van der Waals surface area contributed by atoms with Gasteiger partial charge < -0.3 is 24.3 Å². The van der Waals surface area contributed by atoms with Gasteiger partial charge >= 0.3 is 0 Å². The van der Waals surface area contributed by atoms with E-state index in [-0.39, 0.29) is 0 Å². The van der Waals surface area contributed by atoms with Crippen molar-refractivity contribution in [3.8, 4) is 0 Å². The second kappa shape index (κ2) is 11.4. The summed E-state index contributed by atoms with van der Waals surface area (Å²) in [4.78, 5) is 0. The maximum atomic E-state index is 5.71. The van der Waals surface area contributed by atoms with Crippen LogP contribution < -0.4 is 5.32 Å². The predicted octanol–water partition coefficient (Wildman–Crippen LogP) is 1.85. The Hall–Kier alpha value is -0.200. The molecule has 0 radical (unpaired) electrons. The lowest BCUT2D eigenvalue weighted by Crippen LogP contribution is -2.42. The second-order valence-electron chi connectivity index (χ2n) is 6.12. The van der Waals surface area contributed by atoms with Gasteiger partial charge in [0, 0.05) is 39.5 Å². The number of hydrogen-bond donors (Lipinski definition) is 1. The number of methoxy groups -OCH3 is 1. The van der Waals surface area contributed by atoms with Gasteiger partial charge in [0.2, 0.25) is 0 Å². The fraction of sp³-hybridized carbons (Fsp3) is 1.00. The van der Waals surface area contributed by atoms with Crippen LogP contribution in [0.3, 0.4) is 0 Å². The molecule has 0 unspecified atom stereocenters. The van der Waals surface area contributed by atoms with Crippen LogP contribution in [0.2, 0.25) is 0 Å². The van der Waals surface area contributed by atoms with Gasteiger partial charge in [-0.2, -0.15) is 0 Å². The van der Waals surface area contributed by atoms with Gasteiger partial charge in [0.1, 0.15) is 0 Å². The van der Waals surface area contributed by atoms with Gasteiger partial charge in [-0.15, -0.1) is 0 Å². The van der Waals surface area contributed by atoms with Crippen molar-refractivity contribution in [1.29, 1.82) is 0 Å². The van der Waals surface area contributed by atoms with Crippen molar-refractivity contribution in [2.24, 2.45) is 5.41 Å². The molecule has 0 aromatic rings. The minimum atomic E-state index is 0.333. The summed E-state index contributed by atoms with van der Waals surface area (Å²) >= 11 is 0. The molecule has 0 bridgehead atoms. The molecule has 1 heterocycles. The van der Waals surface area contributed by atoms with Crippen LogP contribution in [0.1, 0.15) is 33.1 Å². The van der Waals surface area contributed by atoms with Crippen molar-refractivity contribution in [1.82, 2.24) is 5.32 Å². The molecular weight excluding hydrogens is 270 g/mol. The number of rotatable bonds is 12. The fourth-order valence-corrected chi connectivity index (χ4v) is 2.49. The van der Waals surface area contributed by atoms with E-state index in [0.29, 0.717) is 37.9 Å². The van der Waals surface area contributed by atoms with Crippen molar-refractivity contribution >= 4 is 0 Å². The molecule has 126 valence electrons. The van der Waals surface area contributed by atoms with E-state index < -0.39 is 0 Å². The Bertz CT molecular complexity index is 242. The van der Waals surface area contributed by atoms with Crippen LogP contribution in [-0.2, 0) is 18.9 Å². The van der Waals surface area contributed by atoms with Gasteiger partial charge in [0.05, 0.1) is 26.4 Å². The Morgan fingerprint density at radius 2 is 1.62 bits per heavy atom. The molecule has 1 aliphatic rings. The van der Waals surface area contributed by atoms with Gasteiger partial charge in [0.25, 0.3) is 0 Å². The van der Waals surface area contributed by atoms with Crippen molar-refractivity contribution < 1.29 is 18.9 Å². The monoisotopic (exact) mass is 303 g/mol. The van der Waals surface area contributed by atoms with E-state index in [9.17, 15) is 0 Å². The molecule has 0 atom stereocenters. The minimum absolute atomic E-state index is 0.333. The highest BCUT2D eigenvalue weighted by Crippen LogP contribution is 2.33. The molecule has 0 aromatic carbocycles. The highest BCUT2D eigenvalue weighted by atomic mass is 16.5. The topological polar surface area (TPSA) is 49.0 Å². The predicted molar refractivity (Wildman–Crippen MR) is 83.8 cm³/mol. The molecule has 0 amide bonds. The molecule has 1 saturated heterocycles. The quantitative estimate of drug-likeness (QED) is 0.558. The van der Waals surface area contributed by atoms with E-state index in [1.165, 1.54) is 0 Å². The molecule has 0 saturated carbocycles. The first-order valence-corrected chi connectivity index (χ1v) is 8.14. The van der Waals surface area contributed by atoms with E-state index in [2.05, 4.69) is 19.2 Å². The highest BCUT2D eigenvalue weighted by Gasteiger charge is 2.32. The summed E-state index contributed by atoms with van der Waals surface area (Å²) in [6.45, 7) is 10.6. The second-order valence-corrected chi connectivity index (χ2v) is 6.12. The van der Waals surface area contributed by atoms with Crippen molar-refractivity contribution in [3.63, 3.8) is 0 Å². The first kappa shape index (κ1) is 18.8. The number of hydrogen-bond acceptors (Lipinski definition) is 5. The maximum absolute atomic E-state index is 5.71. The third-order valence-corrected chi connectivity index (χ3v) is 4.02. The Kier molecular flexibility index (Phi) is 10.2. The third kappa shape index (κ3) is 8.73. The summed E-state index contributed by atoms with van der Waals surface area (Å²) in [5.41, 5.74) is 0.333. The summed E-state index contributed by atoms with van der Waals surface area (Å²) in [5.74, 6) is 0. The average Bonchev–Trinajstić information content (AvgIpc) is 2.49. The molecular formula is C16H33NO4. The Balaban J connectivity index is 2.14. The minimum Gasteiger partial charge on any atom is -0.382 e. The van der Waals surface area contributed by atoms with Crippen LogP contribution in [0, 0.1) is 5.41 Å². The molecule has 1 fully saturated rings. The van der Waals surface area contributed by atoms with Crippen LogP contribution in [0.4, 0.5) is 0 Å². The average molecular weight is 303 g/mol. The Morgan fingerprint density at radius 3 is 2.24 bits per heavy atom. The SMILES string of the molecule is COCCOCCOCCC1(CNC(C)C)CCOCC1. The van der Waals surface area contributed by atoms with E-state index in [1.807, 2.05) is 0 Å². The van der Waals surface area contributed by atoms with Gasteiger partial charge in [-0.05, 0) is 24.7 Å². The lowest BCUT2D eigenvalue weighted by Gasteiger charge is -2.38. The van der Waals surface area contributed by atoms with Gasteiger partial charge in [-0.1, -0.05) is 13.8 Å². The molecule has 0 spiro atoms. The van der Waals surface area contributed by atoms with E-state index in [1.54, 1.807) is 7.11 Å². The van der Waals surface area contributed by atoms with Crippen LogP contribution in [0.5, 0.6) is 0 Å². The molecule has 1 aliphatic heterocycles. The molecule has 0 aliphatic carbocycles. The van der Waals surface area contributed by atoms with E-state index in [0.717, 1.165) is 45.6 Å². The lowest BCUT2D eigenvalue weighted by atomic mass is 9.77. The third-order valence-electron chi connectivity index (χ3n) is 4.02. The molecule has 0 aromatic heterocycles. The molecule has 21 heavy (non-hydrogen) atoms. The van der Waals surface area contributed by atoms with Gasteiger partial charge in [-0.25, -0.2) is 0 Å². The Labute approximate surface area is 129 Å². The largest absolute Gasteiger partial charge is 0.382 e. The fourth-order valence-electron chi connectivity index (χ4n) is 2.49. The normalized spacial score (nSPS) is 18.3. The van der Waals surface area contributed by atoms with Crippen molar-refractivity contribution in [2.75, 3.05) is 59.9 Å². The van der Waals surface area contributed by atoms with Gasteiger partial charge in [-0.3, -0.25) is 0 Å². The first-order chi connectivity index (χ1) is 10.2. The van der Waals surface area contributed by atoms with Crippen molar-refractivity contribution in [3.05, 3.63) is 0 Å². The van der Waals surface area contributed by atoms with Gasteiger partial charge in [0.15, 0.2) is 0 Å². The van der Waals surface area contributed by atoms with E-state index >= 15 is 0 Å². The van der Waals surface area contributed by atoms with Crippen molar-refractivity contribution in [2.45, 2.75) is 39.2 Å². The summed E-state index contributed by atoms with van der Waals surface area (Å²) in [6.07, 6.45) is 3.34. The van der Waals surface area contributed by atoms with Crippen LogP contribution in [0.25, 0.3) is 0 Å². The van der Waals surface area contributed by atoms with Crippen LogP contribution in [-0.4, -0.2) is 65.9 Å². The smallest absolute Gasteiger partial charge is 0.0701 e. The Morgan fingerprint density at radius 1 is 1.00 bits per heavy atom. The highest BCUT2D eigenvalue weighted by molar-refractivity contribution is 4.84. The lowest BCUT2D eigenvalue weighted by molar-refractivity contribution is -0.0173. The molecule has 1 rings (SSSR count). The zero-order chi connectivity index (χ0) is 15.4. The van der Waals surface area contributed by atoms with E-state index in [4.69, 9.17) is 18.9 Å². The number of nitrogens with one attached hydrogen (secondary N) is 1. The van der Waals surface area contributed by atoms with Crippen LogP contribution >= 0.6 is 0 Å². The number of ether oxygens (including phenoxy) is 4. The first-order valence-electron chi connectivity index (χ1n) is 8.14. The molecule has 5 heteroatoms. The zero-order valence-electron chi connectivity index (χ0n) is 14.0. The molecule has 1 N–H and O–H groups in total. The zero-order valence-corrected chi connectivity index (χ0v) is 14.0. The summed E-state index contributed by atoms with van der Waals surface area (Å²) in [6, 6.07) is 0.528. The standard InChI is InChI=1S/C16H33NO4/c1-15(2)17-14-16(4-7-19-8-5-16)6-9-20-12-13-21-11-10-18-3/h15,17H,4-14H2,1-3H3. The summed E-state index contributed by atoms with van der Waals surface area (Å²) in [7, 11) is 1.68.